The minimum absolute atomic E-state index is 0.269. The average molecular weight is 442 g/mol. The fourth-order valence-corrected chi connectivity index (χ4v) is 3.95. The van der Waals surface area contributed by atoms with Crippen molar-refractivity contribution in [2.24, 2.45) is 0 Å². The Labute approximate surface area is 184 Å². The van der Waals surface area contributed by atoms with Crippen molar-refractivity contribution in [1.29, 1.82) is 0 Å². The molecule has 2 amide bonds. The molecule has 1 atom stereocenters. The van der Waals surface area contributed by atoms with Gasteiger partial charge in [0.1, 0.15) is 11.8 Å². The third-order valence-corrected chi connectivity index (χ3v) is 5.79. The molecule has 0 saturated heterocycles. The van der Waals surface area contributed by atoms with Crippen LogP contribution < -0.4 is 15.4 Å². The molecule has 156 valence electrons. The first kappa shape index (κ1) is 21.9. The van der Waals surface area contributed by atoms with Crippen molar-refractivity contribution in [1.82, 2.24) is 10.3 Å². The van der Waals surface area contributed by atoms with Gasteiger partial charge in [-0.15, -0.1) is 11.3 Å². The van der Waals surface area contributed by atoms with E-state index in [1.165, 1.54) is 11.3 Å². The van der Waals surface area contributed by atoms with Crippen molar-refractivity contribution in [2.45, 2.75) is 12.5 Å². The van der Waals surface area contributed by atoms with Crippen LogP contribution in [0.2, 0.25) is 0 Å². The minimum atomic E-state index is -0.640. The molecule has 1 aromatic heterocycles. The molecular formula is C22H23N3O3S2. The van der Waals surface area contributed by atoms with Crippen LogP contribution in [0.15, 0.2) is 60.0 Å². The van der Waals surface area contributed by atoms with Gasteiger partial charge in [-0.05, 0) is 54.8 Å². The molecule has 0 aliphatic rings. The molecule has 30 heavy (non-hydrogen) atoms. The Kier molecular flexibility index (Phi) is 7.87. The normalized spacial score (nSPS) is 11.5. The van der Waals surface area contributed by atoms with Crippen LogP contribution in [-0.2, 0) is 4.79 Å². The van der Waals surface area contributed by atoms with Gasteiger partial charge in [0.15, 0.2) is 5.13 Å². The van der Waals surface area contributed by atoms with Crippen LogP contribution in [0.5, 0.6) is 5.75 Å². The number of carbonyl (C=O) groups is 2. The average Bonchev–Trinajstić information content (AvgIpc) is 3.25. The van der Waals surface area contributed by atoms with E-state index in [4.69, 9.17) is 4.74 Å². The summed E-state index contributed by atoms with van der Waals surface area (Å²) in [6.07, 6.45) is 2.50. The summed E-state index contributed by atoms with van der Waals surface area (Å²) in [5.74, 6) is 0.981. The molecule has 0 spiro atoms. The molecule has 0 aliphatic heterocycles. The van der Waals surface area contributed by atoms with Crippen molar-refractivity contribution in [3.8, 4) is 17.0 Å². The van der Waals surface area contributed by atoms with Gasteiger partial charge in [0, 0.05) is 16.5 Å². The molecule has 1 heterocycles. The van der Waals surface area contributed by atoms with E-state index < -0.39 is 6.04 Å². The second-order valence-electron chi connectivity index (χ2n) is 6.43. The van der Waals surface area contributed by atoms with E-state index >= 15 is 0 Å². The number of amides is 2. The number of carbonyl (C=O) groups excluding carboxylic acids is 2. The lowest BCUT2D eigenvalue weighted by molar-refractivity contribution is -0.118. The second kappa shape index (κ2) is 10.8. The molecule has 3 rings (SSSR count). The summed E-state index contributed by atoms with van der Waals surface area (Å²) in [6.45, 7) is 0. The van der Waals surface area contributed by atoms with Gasteiger partial charge >= 0.3 is 0 Å². The van der Waals surface area contributed by atoms with Gasteiger partial charge < -0.3 is 15.4 Å². The highest BCUT2D eigenvalue weighted by Crippen LogP contribution is 2.26. The molecule has 3 aromatic rings. The van der Waals surface area contributed by atoms with E-state index in [1.54, 1.807) is 43.1 Å². The summed E-state index contributed by atoms with van der Waals surface area (Å²) >= 11 is 2.97. The lowest BCUT2D eigenvalue weighted by Crippen LogP contribution is -2.44. The van der Waals surface area contributed by atoms with Gasteiger partial charge in [0.2, 0.25) is 5.91 Å². The molecule has 2 aromatic carbocycles. The summed E-state index contributed by atoms with van der Waals surface area (Å²) in [5.41, 5.74) is 2.23. The van der Waals surface area contributed by atoms with Crippen LogP contribution in [0, 0.1) is 0 Å². The topological polar surface area (TPSA) is 80.3 Å². The maximum Gasteiger partial charge on any atom is 0.251 e. The Balaban J connectivity index is 1.67. The highest BCUT2D eigenvalue weighted by atomic mass is 32.2. The lowest BCUT2D eigenvalue weighted by atomic mass is 10.1. The van der Waals surface area contributed by atoms with E-state index in [9.17, 15) is 9.59 Å². The molecule has 8 heteroatoms. The van der Waals surface area contributed by atoms with Gasteiger partial charge in [-0.2, -0.15) is 11.8 Å². The third kappa shape index (κ3) is 5.84. The Hall–Kier alpha value is -2.84. The van der Waals surface area contributed by atoms with E-state index in [0.717, 1.165) is 22.8 Å². The van der Waals surface area contributed by atoms with Crippen molar-refractivity contribution in [3.63, 3.8) is 0 Å². The highest BCUT2D eigenvalue weighted by molar-refractivity contribution is 7.98. The standard InChI is InChI=1S/C22H23N3O3S2/c1-28-17-10-8-15(9-11-17)19-14-30-22(24-19)25-21(27)18(12-13-29-2)23-20(26)16-6-4-3-5-7-16/h3-11,14,18H,12-13H2,1-2H3,(H,23,26)(H,24,25,27)/t18-/m0/s1. The van der Waals surface area contributed by atoms with Gasteiger partial charge in [-0.25, -0.2) is 4.98 Å². The number of nitrogens with zero attached hydrogens (tertiary/aromatic N) is 1. The number of methoxy groups -OCH3 is 1. The first-order valence-corrected chi connectivity index (χ1v) is 11.6. The van der Waals surface area contributed by atoms with Gasteiger partial charge in [-0.3, -0.25) is 9.59 Å². The minimum Gasteiger partial charge on any atom is -0.497 e. The molecule has 2 N–H and O–H groups in total. The van der Waals surface area contributed by atoms with Crippen LogP contribution >= 0.6 is 23.1 Å². The number of hydrogen-bond donors (Lipinski definition) is 2. The molecule has 0 saturated carbocycles. The number of benzene rings is 2. The highest BCUT2D eigenvalue weighted by Gasteiger charge is 2.22. The summed E-state index contributed by atoms with van der Waals surface area (Å²) in [6, 6.07) is 15.8. The Morgan fingerprint density at radius 3 is 2.53 bits per heavy atom. The molecule has 0 bridgehead atoms. The van der Waals surface area contributed by atoms with Gasteiger partial charge in [0.05, 0.1) is 12.8 Å². The molecule has 6 nitrogen and oxygen atoms in total. The van der Waals surface area contributed by atoms with Crippen LogP contribution in [0.3, 0.4) is 0 Å². The molecule has 0 aliphatic carbocycles. The first-order valence-electron chi connectivity index (χ1n) is 9.36. The molecular weight excluding hydrogens is 418 g/mol. The monoisotopic (exact) mass is 441 g/mol. The van der Waals surface area contributed by atoms with Crippen molar-refractivity contribution >= 4 is 40.0 Å². The number of anilines is 1. The predicted octanol–water partition coefficient (Wildman–Crippen LogP) is 4.31. The number of thioether (sulfide) groups is 1. The first-order chi connectivity index (χ1) is 14.6. The fourth-order valence-electron chi connectivity index (χ4n) is 2.75. The summed E-state index contributed by atoms with van der Waals surface area (Å²) < 4.78 is 5.17. The van der Waals surface area contributed by atoms with E-state index in [0.29, 0.717) is 17.1 Å². The SMILES string of the molecule is COc1ccc(-c2csc(NC(=O)[C@H](CCSC)NC(=O)c3ccccc3)n2)cc1. The number of hydrogen-bond acceptors (Lipinski definition) is 6. The second-order valence-corrected chi connectivity index (χ2v) is 8.27. The predicted molar refractivity (Wildman–Crippen MR) is 123 cm³/mol. The zero-order valence-corrected chi connectivity index (χ0v) is 18.4. The van der Waals surface area contributed by atoms with Crippen molar-refractivity contribution in [3.05, 3.63) is 65.5 Å². The number of aromatic nitrogens is 1. The van der Waals surface area contributed by atoms with E-state index in [1.807, 2.05) is 42.0 Å². The zero-order valence-electron chi connectivity index (χ0n) is 16.8. The quantitative estimate of drug-likeness (QED) is 0.517. The molecule has 0 unspecified atom stereocenters. The van der Waals surface area contributed by atoms with Crippen LogP contribution in [0.1, 0.15) is 16.8 Å². The lowest BCUT2D eigenvalue weighted by Gasteiger charge is -2.17. The van der Waals surface area contributed by atoms with E-state index in [2.05, 4.69) is 15.6 Å². The zero-order chi connectivity index (χ0) is 21.3. The van der Waals surface area contributed by atoms with Crippen molar-refractivity contribution < 1.29 is 14.3 Å². The maximum absolute atomic E-state index is 12.8. The maximum atomic E-state index is 12.8. The summed E-state index contributed by atoms with van der Waals surface area (Å²) in [7, 11) is 1.62. The Morgan fingerprint density at radius 2 is 1.87 bits per heavy atom. The Morgan fingerprint density at radius 1 is 1.13 bits per heavy atom. The summed E-state index contributed by atoms with van der Waals surface area (Å²) in [4.78, 5) is 29.8. The van der Waals surface area contributed by atoms with Gasteiger partial charge in [0.25, 0.3) is 5.91 Å². The van der Waals surface area contributed by atoms with Crippen LogP contribution in [0.4, 0.5) is 5.13 Å². The fraction of sp³-hybridized carbons (Fsp3) is 0.227. The van der Waals surface area contributed by atoms with Gasteiger partial charge in [-0.1, -0.05) is 18.2 Å². The molecule has 0 fully saturated rings. The third-order valence-electron chi connectivity index (χ3n) is 4.39. The Bertz CT molecular complexity index is 975. The van der Waals surface area contributed by atoms with E-state index in [-0.39, 0.29) is 11.8 Å². The number of ether oxygens (including phenoxy) is 1. The molecule has 0 radical (unpaired) electrons. The van der Waals surface area contributed by atoms with Crippen molar-refractivity contribution in [2.75, 3.05) is 24.4 Å². The number of nitrogens with one attached hydrogen (secondary N) is 2. The number of thiazole rings is 1. The smallest absolute Gasteiger partial charge is 0.251 e. The van der Waals surface area contributed by atoms with Crippen LogP contribution in [0.25, 0.3) is 11.3 Å². The summed E-state index contributed by atoms with van der Waals surface area (Å²) in [5, 5.41) is 8.06. The number of rotatable bonds is 9. The van der Waals surface area contributed by atoms with Crippen LogP contribution in [-0.4, -0.2) is 42.0 Å². The largest absolute Gasteiger partial charge is 0.497 e.